The molecule has 0 saturated carbocycles. The largest absolute Gasteiger partial charge is 0.464 e. The Morgan fingerprint density at radius 1 is 1.14 bits per heavy atom. The monoisotopic (exact) mass is 397 g/mol. The van der Waals surface area contributed by atoms with Crippen LogP contribution >= 0.6 is 0 Å². The van der Waals surface area contributed by atoms with Crippen molar-refractivity contribution in [2.75, 3.05) is 32.8 Å². The lowest BCUT2D eigenvalue weighted by Gasteiger charge is -2.26. The van der Waals surface area contributed by atoms with Crippen LogP contribution in [0.4, 0.5) is 0 Å². The maximum absolute atomic E-state index is 12.6. The Balaban J connectivity index is 1.74. The van der Waals surface area contributed by atoms with Gasteiger partial charge in [0.25, 0.3) is 5.91 Å². The lowest BCUT2D eigenvalue weighted by Crippen LogP contribution is -2.49. The van der Waals surface area contributed by atoms with Gasteiger partial charge in [0.15, 0.2) is 12.2 Å². The summed E-state index contributed by atoms with van der Waals surface area (Å²) in [5.74, 6) is -0.920. The predicted molar refractivity (Wildman–Crippen MR) is 105 cm³/mol. The van der Waals surface area contributed by atoms with Crippen molar-refractivity contribution in [3.63, 3.8) is 0 Å². The molecule has 2 saturated heterocycles. The summed E-state index contributed by atoms with van der Waals surface area (Å²) in [6.45, 7) is 9.79. The maximum atomic E-state index is 12.6. The lowest BCUT2D eigenvalue weighted by atomic mass is 10.0. The van der Waals surface area contributed by atoms with Crippen LogP contribution < -0.4 is 10.6 Å². The van der Waals surface area contributed by atoms with Gasteiger partial charge in [-0.05, 0) is 58.2 Å². The van der Waals surface area contributed by atoms with E-state index in [4.69, 9.17) is 9.47 Å². The van der Waals surface area contributed by atoms with E-state index in [-0.39, 0.29) is 18.4 Å². The summed E-state index contributed by atoms with van der Waals surface area (Å²) in [7, 11) is 0. The molecule has 0 unspecified atom stereocenters. The highest BCUT2D eigenvalue weighted by Gasteiger charge is 2.52. The predicted octanol–water partition coefficient (Wildman–Crippen LogP) is 0.840. The molecule has 0 aliphatic carbocycles. The van der Waals surface area contributed by atoms with Crippen molar-refractivity contribution < 1.29 is 23.9 Å². The van der Waals surface area contributed by atoms with Crippen LogP contribution in [-0.2, 0) is 23.9 Å². The fraction of sp³-hybridized carbons (Fsp3) is 0.850. The van der Waals surface area contributed by atoms with Crippen molar-refractivity contribution in [3.05, 3.63) is 0 Å². The molecule has 2 amide bonds. The quantitative estimate of drug-likeness (QED) is 0.304. The van der Waals surface area contributed by atoms with Gasteiger partial charge in [-0.15, -0.1) is 0 Å². The molecule has 8 nitrogen and oxygen atoms in total. The number of hydrogen-bond acceptors (Lipinski definition) is 6. The molecule has 0 spiro atoms. The zero-order chi connectivity index (χ0) is 20.5. The number of carbonyl (C=O) groups excluding carboxylic acids is 3. The van der Waals surface area contributed by atoms with Gasteiger partial charge < -0.3 is 25.0 Å². The van der Waals surface area contributed by atoms with E-state index >= 15 is 0 Å². The molecular weight excluding hydrogens is 362 g/mol. The molecule has 0 aromatic heterocycles. The van der Waals surface area contributed by atoms with E-state index in [0.29, 0.717) is 13.0 Å². The highest BCUT2D eigenvalue weighted by molar-refractivity contribution is 5.95. The molecule has 2 fully saturated rings. The Kier molecular flexibility index (Phi) is 9.18. The zero-order valence-electron chi connectivity index (χ0n) is 17.4. The smallest absolute Gasteiger partial charge is 0.338 e. The van der Waals surface area contributed by atoms with Crippen molar-refractivity contribution >= 4 is 17.8 Å². The van der Waals surface area contributed by atoms with Crippen LogP contribution in [0.15, 0.2) is 0 Å². The molecule has 28 heavy (non-hydrogen) atoms. The second-order valence-corrected chi connectivity index (χ2v) is 7.97. The summed E-state index contributed by atoms with van der Waals surface area (Å²) < 4.78 is 9.97. The van der Waals surface area contributed by atoms with E-state index in [2.05, 4.69) is 15.5 Å². The molecule has 2 aliphatic rings. The Morgan fingerprint density at radius 3 is 2.50 bits per heavy atom. The fourth-order valence-corrected chi connectivity index (χ4v) is 3.49. The Labute approximate surface area is 167 Å². The molecule has 2 rings (SSSR count). The van der Waals surface area contributed by atoms with Gasteiger partial charge in [0.1, 0.15) is 6.04 Å². The van der Waals surface area contributed by atoms with Gasteiger partial charge in [0, 0.05) is 6.54 Å². The van der Waals surface area contributed by atoms with Gasteiger partial charge in [-0.2, -0.15) is 0 Å². The first-order valence-corrected chi connectivity index (χ1v) is 10.5. The number of nitrogens with one attached hydrogen (secondary N) is 2. The number of esters is 1. The Bertz CT molecular complexity index is 534. The van der Waals surface area contributed by atoms with Crippen LogP contribution in [0.5, 0.6) is 0 Å². The molecule has 160 valence electrons. The minimum atomic E-state index is -0.861. The molecule has 0 aromatic rings. The first-order chi connectivity index (χ1) is 13.4. The average molecular weight is 398 g/mol. The molecule has 2 N–H and O–H groups in total. The summed E-state index contributed by atoms with van der Waals surface area (Å²) in [6, 6.07) is -0.630. The van der Waals surface area contributed by atoms with Gasteiger partial charge in [-0.1, -0.05) is 20.3 Å². The van der Waals surface area contributed by atoms with Crippen LogP contribution in [0, 0.1) is 5.92 Å². The van der Waals surface area contributed by atoms with Crippen molar-refractivity contribution in [3.8, 4) is 0 Å². The number of hydrogen-bond donors (Lipinski definition) is 2. The van der Waals surface area contributed by atoms with E-state index in [9.17, 15) is 14.4 Å². The van der Waals surface area contributed by atoms with E-state index in [1.807, 2.05) is 13.8 Å². The summed E-state index contributed by atoms with van der Waals surface area (Å²) in [6.07, 6.45) is 3.53. The number of rotatable bonds is 11. The SMILES string of the molecule is CCOC(=O)[C@H]1O[C@@H]1C(=O)N[C@@H](CC(C)C)C(=O)NCCCN1CCCCC1. The number of epoxide rings is 1. The van der Waals surface area contributed by atoms with Crippen molar-refractivity contribution in [1.82, 2.24) is 15.5 Å². The number of ether oxygens (including phenoxy) is 2. The van der Waals surface area contributed by atoms with Crippen LogP contribution in [0.1, 0.15) is 52.9 Å². The summed E-state index contributed by atoms with van der Waals surface area (Å²) in [5, 5.41) is 5.67. The number of piperidine rings is 1. The van der Waals surface area contributed by atoms with Crippen LogP contribution in [0.2, 0.25) is 0 Å². The summed E-state index contributed by atoms with van der Waals surface area (Å²) in [5.41, 5.74) is 0. The van der Waals surface area contributed by atoms with Crippen molar-refractivity contribution in [2.24, 2.45) is 5.92 Å². The van der Waals surface area contributed by atoms with E-state index in [0.717, 1.165) is 26.1 Å². The average Bonchev–Trinajstić information content (AvgIpc) is 3.46. The fourth-order valence-electron chi connectivity index (χ4n) is 3.49. The van der Waals surface area contributed by atoms with E-state index < -0.39 is 30.1 Å². The zero-order valence-corrected chi connectivity index (χ0v) is 17.4. The van der Waals surface area contributed by atoms with Gasteiger partial charge in [0.2, 0.25) is 5.91 Å². The first kappa shape index (κ1) is 22.6. The minimum absolute atomic E-state index is 0.186. The molecule has 2 heterocycles. The third kappa shape index (κ3) is 7.39. The standard InChI is InChI=1S/C20H35N3O5/c1-4-27-20(26)17-16(28-17)19(25)22-15(13-14(2)3)18(24)21-9-8-12-23-10-6-5-7-11-23/h14-17H,4-13H2,1-3H3,(H,21,24)(H,22,25)/t15-,16-,17-/m0/s1. The summed E-state index contributed by atoms with van der Waals surface area (Å²) in [4.78, 5) is 38.9. The number of amides is 2. The molecular formula is C20H35N3O5. The van der Waals surface area contributed by atoms with Gasteiger partial charge >= 0.3 is 5.97 Å². The highest BCUT2D eigenvalue weighted by atomic mass is 16.6. The molecule has 0 aromatic carbocycles. The molecule has 0 radical (unpaired) electrons. The van der Waals surface area contributed by atoms with Gasteiger partial charge in [-0.3, -0.25) is 9.59 Å². The van der Waals surface area contributed by atoms with Crippen molar-refractivity contribution in [1.29, 1.82) is 0 Å². The van der Waals surface area contributed by atoms with E-state index in [1.165, 1.54) is 19.3 Å². The van der Waals surface area contributed by atoms with Gasteiger partial charge in [-0.25, -0.2) is 4.79 Å². The third-order valence-electron chi connectivity index (χ3n) is 5.01. The van der Waals surface area contributed by atoms with Crippen LogP contribution in [-0.4, -0.2) is 73.7 Å². The lowest BCUT2D eigenvalue weighted by molar-refractivity contribution is -0.144. The van der Waals surface area contributed by atoms with Crippen molar-refractivity contribution in [2.45, 2.75) is 71.1 Å². The molecule has 8 heteroatoms. The molecule has 3 atom stereocenters. The minimum Gasteiger partial charge on any atom is -0.464 e. The Morgan fingerprint density at radius 2 is 1.86 bits per heavy atom. The van der Waals surface area contributed by atoms with Gasteiger partial charge in [0.05, 0.1) is 6.61 Å². The maximum Gasteiger partial charge on any atom is 0.338 e. The highest BCUT2D eigenvalue weighted by Crippen LogP contribution is 2.24. The van der Waals surface area contributed by atoms with Crippen LogP contribution in [0.3, 0.4) is 0 Å². The number of likely N-dealkylation sites (tertiary alicyclic amines) is 1. The van der Waals surface area contributed by atoms with Crippen LogP contribution in [0.25, 0.3) is 0 Å². The second kappa shape index (κ2) is 11.4. The first-order valence-electron chi connectivity index (χ1n) is 10.5. The normalized spacial score (nSPS) is 23.1. The number of nitrogens with zero attached hydrogens (tertiary/aromatic N) is 1. The molecule has 2 aliphatic heterocycles. The third-order valence-corrected chi connectivity index (χ3v) is 5.01. The van der Waals surface area contributed by atoms with E-state index in [1.54, 1.807) is 6.92 Å². The topological polar surface area (TPSA) is 100 Å². The summed E-state index contributed by atoms with van der Waals surface area (Å²) >= 11 is 0. The second-order valence-electron chi connectivity index (χ2n) is 7.97. The number of carbonyl (C=O) groups is 3. The molecule has 0 bridgehead atoms. The Hall–Kier alpha value is -1.67.